The first-order valence-corrected chi connectivity index (χ1v) is 5.74. The molecule has 0 aliphatic rings. The molecule has 0 bridgehead atoms. The molecule has 0 aromatic heterocycles. The molecule has 0 amide bonds. The molecule has 0 aliphatic carbocycles. The number of aromatic hydroxyl groups is 1. The average Bonchev–Trinajstić information content (AvgIpc) is 2.38. The van der Waals surface area contributed by atoms with Crippen LogP contribution < -0.4 is 0 Å². The number of esters is 1. The maximum atomic E-state index is 11.7. The fourth-order valence-electron chi connectivity index (χ4n) is 1.44. The largest absolute Gasteiger partial charge is 0.508 e. The molecule has 0 aliphatic heterocycles. The number of hydrogen-bond acceptors (Lipinski definition) is 3. The van der Waals surface area contributed by atoms with Crippen molar-refractivity contribution in [1.29, 1.82) is 0 Å². The van der Waals surface area contributed by atoms with Gasteiger partial charge in [0.15, 0.2) is 0 Å². The van der Waals surface area contributed by atoms with Crippen LogP contribution in [0.2, 0.25) is 5.02 Å². The molecule has 0 saturated heterocycles. The quantitative estimate of drug-likeness (QED) is 0.863. The molecule has 0 fully saturated rings. The van der Waals surface area contributed by atoms with Crippen molar-refractivity contribution >= 4 is 17.6 Å². The predicted molar refractivity (Wildman–Crippen MR) is 68.7 cm³/mol. The van der Waals surface area contributed by atoms with Gasteiger partial charge >= 0.3 is 5.97 Å². The third kappa shape index (κ3) is 3.02. The van der Waals surface area contributed by atoms with Crippen molar-refractivity contribution in [3.05, 3.63) is 64.7 Å². The highest BCUT2D eigenvalue weighted by Crippen LogP contribution is 2.17. The lowest BCUT2D eigenvalue weighted by Crippen LogP contribution is -2.05. The van der Waals surface area contributed by atoms with Crippen LogP contribution in [-0.4, -0.2) is 11.1 Å². The molecular formula is C14H11ClO3. The number of phenols is 1. The molecule has 0 heterocycles. The summed E-state index contributed by atoms with van der Waals surface area (Å²) in [4.78, 5) is 11.7. The summed E-state index contributed by atoms with van der Waals surface area (Å²) < 4.78 is 5.13. The van der Waals surface area contributed by atoms with Crippen molar-refractivity contribution in [1.82, 2.24) is 0 Å². The first-order chi connectivity index (χ1) is 8.66. The van der Waals surface area contributed by atoms with Crippen molar-refractivity contribution in [2.45, 2.75) is 6.61 Å². The molecule has 18 heavy (non-hydrogen) atoms. The Bertz CT molecular complexity index is 549. The third-order valence-electron chi connectivity index (χ3n) is 2.42. The minimum absolute atomic E-state index is 0.109. The number of hydrogen-bond donors (Lipinski definition) is 1. The zero-order chi connectivity index (χ0) is 13.0. The van der Waals surface area contributed by atoms with Crippen LogP contribution in [0.5, 0.6) is 5.75 Å². The summed E-state index contributed by atoms with van der Waals surface area (Å²) in [5, 5.41) is 9.68. The van der Waals surface area contributed by atoms with Gasteiger partial charge in [0.05, 0.1) is 5.56 Å². The monoisotopic (exact) mass is 262 g/mol. The van der Waals surface area contributed by atoms with Crippen molar-refractivity contribution in [2.75, 3.05) is 0 Å². The molecule has 1 N–H and O–H groups in total. The molecule has 2 rings (SSSR count). The van der Waals surface area contributed by atoms with Crippen LogP contribution in [0.15, 0.2) is 48.5 Å². The zero-order valence-electron chi connectivity index (χ0n) is 9.47. The van der Waals surface area contributed by atoms with E-state index in [9.17, 15) is 4.79 Å². The summed E-state index contributed by atoms with van der Waals surface area (Å²) in [6.07, 6.45) is 0. The van der Waals surface area contributed by atoms with Gasteiger partial charge in [-0.05, 0) is 30.3 Å². The van der Waals surface area contributed by atoms with Crippen LogP contribution in [0.25, 0.3) is 0 Å². The molecule has 0 unspecified atom stereocenters. The molecule has 3 nitrogen and oxygen atoms in total. The van der Waals surface area contributed by atoms with E-state index >= 15 is 0 Å². The van der Waals surface area contributed by atoms with Gasteiger partial charge in [-0.3, -0.25) is 0 Å². The SMILES string of the molecule is O=C(OCc1ccccc1Cl)c1ccc(O)cc1. The lowest BCUT2D eigenvalue weighted by molar-refractivity contribution is 0.0473. The molecule has 92 valence electrons. The molecule has 0 spiro atoms. The topological polar surface area (TPSA) is 46.5 Å². The minimum atomic E-state index is -0.449. The highest BCUT2D eigenvalue weighted by atomic mass is 35.5. The van der Waals surface area contributed by atoms with E-state index in [4.69, 9.17) is 21.4 Å². The highest BCUT2D eigenvalue weighted by Gasteiger charge is 2.08. The Morgan fingerprint density at radius 2 is 1.78 bits per heavy atom. The molecular weight excluding hydrogens is 252 g/mol. The van der Waals surface area contributed by atoms with Gasteiger partial charge in [-0.2, -0.15) is 0 Å². The summed E-state index contributed by atoms with van der Waals surface area (Å²) in [6.45, 7) is 0.124. The molecule has 0 radical (unpaired) electrons. The average molecular weight is 263 g/mol. The standard InChI is InChI=1S/C14H11ClO3/c15-13-4-2-1-3-11(13)9-18-14(17)10-5-7-12(16)8-6-10/h1-8,16H,9H2. The van der Waals surface area contributed by atoms with Crippen molar-refractivity contribution in [2.24, 2.45) is 0 Å². The number of rotatable bonds is 3. The summed E-state index contributed by atoms with van der Waals surface area (Å²) in [6, 6.07) is 13.1. The molecule has 2 aromatic rings. The fourth-order valence-corrected chi connectivity index (χ4v) is 1.63. The van der Waals surface area contributed by atoms with Gasteiger partial charge in [0.1, 0.15) is 12.4 Å². The summed E-state index contributed by atoms with van der Waals surface area (Å²) in [5.41, 5.74) is 1.14. The maximum Gasteiger partial charge on any atom is 0.338 e. The van der Waals surface area contributed by atoms with E-state index < -0.39 is 5.97 Å². The number of phenolic OH excluding ortho intramolecular Hbond substituents is 1. The Morgan fingerprint density at radius 3 is 2.44 bits per heavy atom. The molecule has 4 heteroatoms. The lowest BCUT2D eigenvalue weighted by atomic mass is 10.2. The van der Waals surface area contributed by atoms with Crippen molar-refractivity contribution in [3.63, 3.8) is 0 Å². The Morgan fingerprint density at radius 1 is 1.11 bits per heavy atom. The summed E-state index contributed by atoms with van der Waals surface area (Å²) >= 11 is 5.95. The lowest BCUT2D eigenvalue weighted by Gasteiger charge is -2.06. The smallest absolute Gasteiger partial charge is 0.338 e. The minimum Gasteiger partial charge on any atom is -0.508 e. The van der Waals surface area contributed by atoms with Crippen LogP contribution in [0.1, 0.15) is 15.9 Å². The van der Waals surface area contributed by atoms with Crippen LogP contribution in [0.4, 0.5) is 0 Å². The third-order valence-corrected chi connectivity index (χ3v) is 2.79. The van der Waals surface area contributed by atoms with E-state index in [0.717, 1.165) is 5.56 Å². The Labute approximate surface area is 110 Å². The van der Waals surface area contributed by atoms with E-state index in [1.807, 2.05) is 12.1 Å². The second kappa shape index (κ2) is 5.56. The van der Waals surface area contributed by atoms with Crippen molar-refractivity contribution in [3.8, 4) is 5.75 Å². The Kier molecular flexibility index (Phi) is 3.85. The number of carbonyl (C=O) groups is 1. The number of ether oxygens (including phenoxy) is 1. The Hall–Kier alpha value is -2.00. The number of halogens is 1. The van der Waals surface area contributed by atoms with Crippen LogP contribution in [0, 0.1) is 0 Å². The second-order valence-electron chi connectivity index (χ2n) is 3.71. The molecule has 0 atom stereocenters. The number of benzene rings is 2. The van der Waals surface area contributed by atoms with Gasteiger partial charge in [0, 0.05) is 10.6 Å². The van der Waals surface area contributed by atoms with Gasteiger partial charge in [0.2, 0.25) is 0 Å². The van der Waals surface area contributed by atoms with Gasteiger partial charge in [0.25, 0.3) is 0 Å². The molecule has 2 aromatic carbocycles. The van der Waals surface area contributed by atoms with Crippen LogP contribution in [0.3, 0.4) is 0 Å². The first-order valence-electron chi connectivity index (χ1n) is 5.36. The highest BCUT2D eigenvalue weighted by molar-refractivity contribution is 6.31. The normalized spacial score (nSPS) is 10.1. The van der Waals surface area contributed by atoms with E-state index in [-0.39, 0.29) is 12.4 Å². The first kappa shape index (κ1) is 12.5. The summed E-state index contributed by atoms with van der Waals surface area (Å²) in [7, 11) is 0. The van der Waals surface area contributed by atoms with E-state index in [0.29, 0.717) is 10.6 Å². The van der Waals surface area contributed by atoms with Gasteiger partial charge in [-0.15, -0.1) is 0 Å². The fraction of sp³-hybridized carbons (Fsp3) is 0.0714. The number of carbonyl (C=O) groups excluding carboxylic acids is 1. The molecule has 0 saturated carbocycles. The van der Waals surface area contributed by atoms with Crippen molar-refractivity contribution < 1.29 is 14.6 Å². The van der Waals surface area contributed by atoms with E-state index in [1.54, 1.807) is 12.1 Å². The van der Waals surface area contributed by atoms with Crippen LogP contribution >= 0.6 is 11.6 Å². The maximum absolute atomic E-state index is 11.7. The van der Waals surface area contributed by atoms with Gasteiger partial charge in [-0.25, -0.2) is 4.79 Å². The Balaban J connectivity index is 2.01. The zero-order valence-corrected chi connectivity index (χ0v) is 10.2. The predicted octanol–water partition coefficient (Wildman–Crippen LogP) is 3.40. The van der Waals surface area contributed by atoms with Gasteiger partial charge in [-0.1, -0.05) is 29.8 Å². The summed E-state index contributed by atoms with van der Waals surface area (Å²) in [5.74, 6) is -0.340. The van der Waals surface area contributed by atoms with E-state index in [1.165, 1.54) is 24.3 Å². The second-order valence-corrected chi connectivity index (χ2v) is 4.12. The van der Waals surface area contributed by atoms with Crippen LogP contribution in [-0.2, 0) is 11.3 Å². The van der Waals surface area contributed by atoms with E-state index in [2.05, 4.69) is 0 Å². The van der Waals surface area contributed by atoms with Gasteiger partial charge < -0.3 is 9.84 Å².